The Hall–Kier alpha value is -3.42. The van der Waals surface area contributed by atoms with Crippen molar-refractivity contribution in [2.24, 2.45) is 0 Å². The quantitative estimate of drug-likeness (QED) is 0.460. The van der Waals surface area contributed by atoms with Crippen LogP contribution in [0.1, 0.15) is 66.2 Å². The molecule has 3 rings (SSSR count). The molecule has 8 heteroatoms. The molecule has 0 aliphatic carbocycles. The molecule has 0 radical (unpaired) electrons. The maximum atomic E-state index is 12.9. The van der Waals surface area contributed by atoms with E-state index in [1.807, 2.05) is 45.0 Å². The Kier molecular flexibility index (Phi) is 7.23. The van der Waals surface area contributed by atoms with E-state index in [1.54, 1.807) is 4.57 Å². The van der Waals surface area contributed by atoms with E-state index >= 15 is 0 Å². The van der Waals surface area contributed by atoms with E-state index in [0.29, 0.717) is 19.5 Å². The number of fused-ring (bicyclic) bond motifs is 1. The Balaban J connectivity index is 1.74. The minimum Gasteiger partial charge on any atom is -0.352 e. The zero-order chi connectivity index (χ0) is 22.4. The number of rotatable bonds is 9. The number of nitrogens with zero attached hydrogens (tertiary/aromatic N) is 2. The molecule has 1 aromatic carbocycles. The molecular weight excluding hydrogens is 394 g/mol. The summed E-state index contributed by atoms with van der Waals surface area (Å²) in [4.78, 5) is 45.8. The number of unbranched alkanes of at least 4 members (excludes halogenated alkanes) is 1. The van der Waals surface area contributed by atoms with Gasteiger partial charge in [0.25, 0.3) is 11.8 Å². The molecule has 0 aliphatic heterocycles. The third-order valence-corrected chi connectivity index (χ3v) is 5.03. The number of nitrogens with one attached hydrogen (secondary N) is 3. The molecule has 8 nitrogen and oxygen atoms in total. The van der Waals surface area contributed by atoms with E-state index in [-0.39, 0.29) is 17.2 Å². The summed E-state index contributed by atoms with van der Waals surface area (Å²) in [6.07, 6.45) is 5.28. The van der Waals surface area contributed by atoms with Crippen LogP contribution in [0.5, 0.6) is 0 Å². The van der Waals surface area contributed by atoms with Crippen LogP contribution in [0.4, 0.5) is 0 Å². The second-order valence-corrected chi connectivity index (χ2v) is 7.77. The third-order valence-electron chi connectivity index (χ3n) is 5.03. The van der Waals surface area contributed by atoms with Crippen LogP contribution < -0.4 is 16.1 Å². The van der Waals surface area contributed by atoms with Crippen LogP contribution in [0.25, 0.3) is 11.0 Å². The summed E-state index contributed by atoms with van der Waals surface area (Å²) in [7, 11) is 0. The Labute approximate surface area is 181 Å². The summed E-state index contributed by atoms with van der Waals surface area (Å²) >= 11 is 0. The number of carbonyl (C=O) groups excluding carboxylic acids is 2. The van der Waals surface area contributed by atoms with Gasteiger partial charge in [-0.1, -0.05) is 25.5 Å². The van der Waals surface area contributed by atoms with Crippen LogP contribution >= 0.6 is 0 Å². The first-order valence-corrected chi connectivity index (χ1v) is 10.7. The molecule has 0 spiro atoms. The van der Waals surface area contributed by atoms with Crippen molar-refractivity contribution >= 4 is 22.8 Å². The SMILES string of the molecule is CCCCNC(=O)c1cn(C(C)C)cc(C(=O)NCCc2nc3ccccc3[nH]2)c1=O. The first kappa shape index (κ1) is 22.3. The molecule has 0 aliphatic rings. The lowest BCUT2D eigenvalue weighted by Crippen LogP contribution is -2.36. The fraction of sp³-hybridized carbons (Fsp3) is 0.391. The van der Waals surface area contributed by atoms with Crippen molar-refractivity contribution in [3.63, 3.8) is 0 Å². The van der Waals surface area contributed by atoms with Gasteiger partial charge in [-0.2, -0.15) is 0 Å². The molecule has 0 saturated carbocycles. The number of para-hydroxylation sites is 2. The summed E-state index contributed by atoms with van der Waals surface area (Å²) in [5.74, 6) is -0.200. The van der Waals surface area contributed by atoms with Crippen LogP contribution in [0.3, 0.4) is 0 Å². The fourth-order valence-electron chi connectivity index (χ4n) is 3.21. The number of imidazole rings is 1. The monoisotopic (exact) mass is 423 g/mol. The fourth-order valence-corrected chi connectivity index (χ4v) is 3.21. The number of benzene rings is 1. The molecule has 2 aromatic heterocycles. The van der Waals surface area contributed by atoms with Crippen molar-refractivity contribution in [3.05, 3.63) is 63.8 Å². The molecule has 164 valence electrons. The molecule has 0 bridgehead atoms. The number of carbonyl (C=O) groups is 2. The minimum atomic E-state index is -0.563. The maximum Gasteiger partial charge on any atom is 0.256 e. The summed E-state index contributed by atoms with van der Waals surface area (Å²) in [5, 5.41) is 5.53. The zero-order valence-electron chi connectivity index (χ0n) is 18.2. The molecule has 0 unspecified atom stereocenters. The Morgan fingerprint density at radius 1 is 1.06 bits per heavy atom. The Morgan fingerprint density at radius 3 is 2.32 bits per heavy atom. The smallest absolute Gasteiger partial charge is 0.256 e. The molecule has 0 saturated heterocycles. The normalized spacial score (nSPS) is 11.1. The van der Waals surface area contributed by atoms with Gasteiger partial charge in [0.05, 0.1) is 11.0 Å². The lowest BCUT2D eigenvalue weighted by Gasteiger charge is -2.15. The van der Waals surface area contributed by atoms with Crippen LogP contribution in [0.15, 0.2) is 41.5 Å². The van der Waals surface area contributed by atoms with Crippen molar-refractivity contribution in [3.8, 4) is 0 Å². The number of aromatic amines is 1. The van der Waals surface area contributed by atoms with Gasteiger partial charge in [0, 0.05) is 37.9 Å². The number of H-pyrrole nitrogens is 1. The van der Waals surface area contributed by atoms with Gasteiger partial charge in [-0.15, -0.1) is 0 Å². The van der Waals surface area contributed by atoms with E-state index in [0.717, 1.165) is 29.7 Å². The van der Waals surface area contributed by atoms with Crippen molar-refractivity contribution in [1.82, 2.24) is 25.2 Å². The van der Waals surface area contributed by atoms with Crippen LogP contribution in [-0.2, 0) is 6.42 Å². The molecular formula is C23H29N5O3. The van der Waals surface area contributed by atoms with Gasteiger partial charge < -0.3 is 20.2 Å². The van der Waals surface area contributed by atoms with Gasteiger partial charge in [-0.25, -0.2) is 4.98 Å². The van der Waals surface area contributed by atoms with E-state index in [9.17, 15) is 14.4 Å². The number of aromatic nitrogens is 3. The van der Waals surface area contributed by atoms with Crippen molar-refractivity contribution in [2.45, 2.75) is 46.1 Å². The average molecular weight is 424 g/mol. The van der Waals surface area contributed by atoms with Gasteiger partial charge in [0.15, 0.2) is 0 Å². The summed E-state index contributed by atoms with van der Waals surface area (Å²) in [6.45, 7) is 6.67. The number of pyridine rings is 1. The maximum absolute atomic E-state index is 12.9. The van der Waals surface area contributed by atoms with E-state index in [4.69, 9.17) is 0 Å². The average Bonchev–Trinajstić information content (AvgIpc) is 3.16. The first-order valence-electron chi connectivity index (χ1n) is 10.7. The number of hydrogen-bond donors (Lipinski definition) is 3. The number of hydrogen-bond acceptors (Lipinski definition) is 4. The summed E-state index contributed by atoms with van der Waals surface area (Å²) < 4.78 is 1.71. The van der Waals surface area contributed by atoms with Crippen LogP contribution in [0.2, 0.25) is 0 Å². The molecule has 31 heavy (non-hydrogen) atoms. The van der Waals surface area contributed by atoms with Gasteiger partial charge in [0.2, 0.25) is 5.43 Å². The van der Waals surface area contributed by atoms with Crippen molar-refractivity contribution in [2.75, 3.05) is 13.1 Å². The van der Waals surface area contributed by atoms with Crippen LogP contribution in [0, 0.1) is 0 Å². The highest BCUT2D eigenvalue weighted by molar-refractivity contribution is 5.99. The largest absolute Gasteiger partial charge is 0.352 e. The van der Waals surface area contributed by atoms with Crippen molar-refractivity contribution < 1.29 is 9.59 Å². The predicted molar refractivity (Wildman–Crippen MR) is 120 cm³/mol. The van der Waals surface area contributed by atoms with Gasteiger partial charge in [-0.05, 0) is 32.4 Å². The van der Waals surface area contributed by atoms with E-state index in [1.165, 1.54) is 12.4 Å². The second-order valence-electron chi connectivity index (χ2n) is 7.77. The zero-order valence-corrected chi connectivity index (χ0v) is 18.2. The molecule has 2 amide bonds. The molecule has 0 fully saturated rings. The predicted octanol–water partition coefficient (Wildman–Crippen LogP) is 2.81. The van der Waals surface area contributed by atoms with Gasteiger partial charge in [0.1, 0.15) is 17.0 Å². The molecule has 0 atom stereocenters. The highest BCUT2D eigenvalue weighted by Crippen LogP contribution is 2.10. The highest BCUT2D eigenvalue weighted by Gasteiger charge is 2.20. The lowest BCUT2D eigenvalue weighted by atomic mass is 10.1. The number of amides is 2. The topological polar surface area (TPSA) is 109 Å². The first-order chi connectivity index (χ1) is 14.9. The Bertz CT molecular complexity index is 1100. The van der Waals surface area contributed by atoms with E-state index in [2.05, 4.69) is 20.6 Å². The molecule has 3 aromatic rings. The van der Waals surface area contributed by atoms with Crippen LogP contribution in [-0.4, -0.2) is 39.4 Å². The van der Waals surface area contributed by atoms with Crippen molar-refractivity contribution in [1.29, 1.82) is 0 Å². The third kappa shape index (κ3) is 5.39. The second kappa shape index (κ2) is 10.1. The standard InChI is InChI=1S/C23H29N5O3/c1-4-5-11-24-22(30)16-13-28(15(2)3)14-17(21(16)29)23(31)25-12-10-20-26-18-8-6-7-9-19(18)27-20/h6-9,13-15H,4-5,10-12H2,1-3H3,(H,24,30)(H,25,31)(H,26,27). The highest BCUT2D eigenvalue weighted by atomic mass is 16.2. The Morgan fingerprint density at radius 2 is 1.71 bits per heavy atom. The summed E-state index contributed by atoms with van der Waals surface area (Å²) in [6, 6.07) is 7.69. The summed E-state index contributed by atoms with van der Waals surface area (Å²) in [5.41, 5.74) is 1.18. The lowest BCUT2D eigenvalue weighted by molar-refractivity contribution is 0.0950. The molecule has 3 N–H and O–H groups in total. The van der Waals surface area contributed by atoms with Gasteiger partial charge in [-0.3, -0.25) is 14.4 Å². The molecule has 2 heterocycles. The van der Waals surface area contributed by atoms with Gasteiger partial charge >= 0.3 is 0 Å². The van der Waals surface area contributed by atoms with E-state index < -0.39 is 17.2 Å². The minimum absolute atomic E-state index is 0.00936.